The van der Waals surface area contributed by atoms with Crippen LogP contribution in [0, 0.1) is 51.8 Å². The molecule has 1 aliphatic rings. The van der Waals surface area contributed by atoms with E-state index in [-0.39, 0.29) is 38.5 Å². The quantitative estimate of drug-likeness (QED) is 0.264. The van der Waals surface area contributed by atoms with E-state index >= 15 is 0 Å². The Labute approximate surface area is 199 Å². The Balaban J connectivity index is 0.00000102. The zero-order valence-electron chi connectivity index (χ0n) is 16.9. The molecule has 2 N–H and O–H groups in total. The van der Waals surface area contributed by atoms with Crippen LogP contribution < -0.4 is 10.5 Å². The molecule has 1 saturated carbocycles. The number of nitrogen functional groups attached to an aromatic ring is 1. The van der Waals surface area contributed by atoms with E-state index in [2.05, 4.69) is 11.3 Å². The summed E-state index contributed by atoms with van der Waals surface area (Å²) in [6.45, 7) is 5.84. The summed E-state index contributed by atoms with van der Waals surface area (Å²) in [6.07, 6.45) is 1.08. The number of imidazole rings is 1. The first-order chi connectivity index (χ1) is 12.9. The second-order valence-corrected chi connectivity index (χ2v) is 6.76. The van der Waals surface area contributed by atoms with Crippen molar-refractivity contribution in [1.29, 1.82) is 0 Å². The number of nitrogens with zero attached hydrogens (tertiary/aromatic N) is 2. The molecule has 0 amide bonds. The number of halogens is 3. The molecule has 0 spiro atoms. The molecule has 0 unspecified atom stereocenters. The minimum absolute atomic E-state index is 0. The number of nitrogens with two attached hydrogens (primary N) is 1. The summed E-state index contributed by atoms with van der Waals surface area (Å²) < 4.78 is 34.2. The number of hydrogen-bond acceptors (Lipinski definition) is 3. The third-order valence-electron chi connectivity index (χ3n) is 4.54. The maximum absolute atomic E-state index is 13.4. The average Bonchev–Trinajstić information content (AvgIpc) is 3.34. The van der Waals surface area contributed by atoms with Gasteiger partial charge in [-0.15, -0.1) is 0 Å². The van der Waals surface area contributed by atoms with Gasteiger partial charge < -0.3 is 27.4 Å². The summed E-state index contributed by atoms with van der Waals surface area (Å²) in [4.78, 5) is 4.11. The van der Waals surface area contributed by atoms with Crippen LogP contribution in [0.4, 0.5) is 14.5 Å². The Bertz CT molecular complexity index is 951. The fourth-order valence-corrected chi connectivity index (χ4v) is 3.32. The summed E-state index contributed by atoms with van der Waals surface area (Å²) in [5.41, 5.74) is 7.07. The minimum atomic E-state index is -2.46. The van der Waals surface area contributed by atoms with Crippen molar-refractivity contribution < 1.29 is 44.6 Å². The van der Waals surface area contributed by atoms with Gasteiger partial charge >= 0.3 is 31.1 Å². The van der Waals surface area contributed by atoms with Crippen LogP contribution in [0.3, 0.4) is 0 Å². The largest absolute Gasteiger partial charge is 2.00 e. The van der Waals surface area contributed by atoms with E-state index in [0.717, 1.165) is 5.56 Å². The van der Waals surface area contributed by atoms with Gasteiger partial charge in [-0.05, 0) is 43.5 Å². The third kappa shape index (κ3) is 4.90. The summed E-state index contributed by atoms with van der Waals surface area (Å²) in [5.74, 6) is 0.975. The van der Waals surface area contributed by atoms with Crippen molar-refractivity contribution in [1.82, 2.24) is 9.55 Å². The molecule has 0 aliphatic heterocycles. The number of ether oxygens (including phenoxy) is 1. The van der Waals surface area contributed by atoms with Crippen LogP contribution in [0.5, 0.6) is 11.5 Å². The molecule has 0 saturated heterocycles. The van der Waals surface area contributed by atoms with E-state index in [1.165, 1.54) is 4.57 Å². The topological polar surface area (TPSA) is 53.1 Å². The maximum Gasteiger partial charge on any atom is 2.00 e. The first-order valence-electron chi connectivity index (χ1n) is 8.83. The van der Waals surface area contributed by atoms with E-state index in [1.54, 1.807) is 30.3 Å². The molecule has 0 bridgehead atoms. The molecular formula is C21H24ClF2N3OU. The van der Waals surface area contributed by atoms with Crippen molar-refractivity contribution in [2.45, 2.75) is 45.6 Å². The van der Waals surface area contributed by atoms with Gasteiger partial charge in [-0.25, -0.2) is 8.78 Å². The second-order valence-electron chi connectivity index (χ2n) is 6.35. The maximum atomic E-state index is 13.4. The smallest absolute Gasteiger partial charge is 0.457 e. The molecular weight excluding hydrogens is 622 g/mol. The Morgan fingerprint density at radius 3 is 2.45 bits per heavy atom. The standard InChI is InChI=1S/C18H15ClF2N3O.C2H6.CH3.U/c1-10-6-11(22)7-13(19)16(10)25-12-2-3-14-15(8-12)24(9-23-14)18(4-5-18)17(20)21;1-2;;/h2-3,6-8,17H,4-5,22H2,1H3;1-2H3;1H3;/q-1;;-1;+2. The molecule has 0 atom stereocenters. The van der Waals surface area contributed by atoms with Gasteiger partial charge in [0.1, 0.15) is 11.5 Å². The van der Waals surface area contributed by atoms with E-state index < -0.39 is 12.0 Å². The molecule has 1 fully saturated rings. The number of rotatable bonds is 4. The van der Waals surface area contributed by atoms with Crippen molar-refractivity contribution in [3.8, 4) is 11.5 Å². The zero-order chi connectivity index (χ0) is 19.8. The number of benzene rings is 2. The summed E-state index contributed by atoms with van der Waals surface area (Å²) in [5, 5.41) is 0.393. The Morgan fingerprint density at radius 1 is 1.24 bits per heavy atom. The van der Waals surface area contributed by atoms with Crippen molar-refractivity contribution in [2.75, 3.05) is 5.73 Å². The summed E-state index contributed by atoms with van der Waals surface area (Å²) in [7, 11) is 0. The van der Waals surface area contributed by atoms with Gasteiger partial charge in [0.05, 0.1) is 10.6 Å². The number of anilines is 1. The first kappa shape index (κ1) is 25.7. The van der Waals surface area contributed by atoms with Gasteiger partial charge in [0.25, 0.3) is 6.43 Å². The van der Waals surface area contributed by atoms with Crippen LogP contribution in [0.2, 0.25) is 5.02 Å². The van der Waals surface area contributed by atoms with Crippen molar-refractivity contribution in [3.05, 3.63) is 54.7 Å². The van der Waals surface area contributed by atoms with Crippen LogP contribution in [0.15, 0.2) is 30.3 Å². The van der Waals surface area contributed by atoms with Gasteiger partial charge in [0.2, 0.25) is 0 Å². The second kappa shape index (κ2) is 10.1. The van der Waals surface area contributed by atoms with Crippen LogP contribution in [-0.2, 0) is 5.54 Å². The predicted octanol–water partition coefficient (Wildman–Crippen LogP) is 6.40. The van der Waals surface area contributed by atoms with Gasteiger partial charge in [0, 0.05) is 12.0 Å². The Morgan fingerprint density at radius 2 is 1.90 bits per heavy atom. The van der Waals surface area contributed by atoms with E-state index in [9.17, 15) is 8.78 Å². The monoisotopic (exact) mass is 645 g/mol. The van der Waals surface area contributed by atoms with E-state index in [1.807, 2.05) is 20.8 Å². The molecule has 4 nitrogen and oxygen atoms in total. The number of alkyl halides is 2. The molecule has 154 valence electrons. The Hall–Kier alpha value is -1.29. The van der Waals surface area contributed by atoms with Gasteiger partial charge in [-0.3, -0.25) is 0 Å². The molecule has 2 aromatic carbocycles. The summed E-state index contributed by atoms with van der Waals surface area (Å²) >= 11 is 6.21. The normalized spacial score (nSPS) is 13.8. The molecule has 0 radical (unpaired) electrons. The van der Waals surface area contributed by atoms with Gasteiger partial charge in [0.15, 0.2) is 0 Å². The molecule has 1 aromatic heterocycles. The van der Waals surface area contributed by atoms with E-state index in [4.69, 9.17) is 22.1 Å². The first-order valence-corrected chi connectivity index (χ1v) is 9.21. The van der Waals surface area contributed by atoms with Crippen molar-refractivity contribution in [3.63, 3.8) is 0 Å². The molecule has 4 rings (SSSR count). The van der Waals surface area contributed by atoms with Crippen molar-refractivity contribution in [2.24, 2.45) is 0 Å². The zero-order valence-corrected chi connectivity index (χ0v) is 21.8. The number of hydrogen-bond donors (Lipinski definition) is 1. The minimum Gasteiger partial charge on any atom is -0.457 e. The van der Waals surface area contributed by atoms with Crippen LogP contribution in [0.1, 0.15) is 32.3 Å². The molecule has 8 heteroatoms. The third-order valence-corrected chi connectivity index (χ3v) is 4.82. The summed E-state index contributed by atoms with van der Waals surface area (Å²) in [6, 6.07) is 8.50. The van der Waals surface area contributed by atoms with Crippen LogP contribution >= 0.6 is 11.6 Å². The average molecular weight is 646 g/mol. The van der Waals surface area contributed by atoms with Crippen molar-refractivity contribution >= 4 is 28.3 Å². The Kier molecular flexibility index (Phi) is 9.01. The van der Waals surface area contributed by atoms with Gasteiger partial charge in [-0.2, -0.15) is 0 Å². The number of fused-ring (bicyclic) bond motifs is 1. The molecule has 1 heterocycles. The van der Waals surface area contributed by atoms with E-state index in [0.29, 0.717) is 46.1 Å². The predicted molar refractivity (Wildman–Crippen MR) is 110 cm³/mol. The fourth-order valence-electron chi connectivity index (χ4n) is 3.01. The van der Waals surface area contributed by atoms with Crippen LogP contribution in [0.25, 0.3) is 11.0 Å². The molecule has 1 aliphatic carbocycles. The number of aryl methyl sites for hydroxylation is 1. The SMILES string of the molecule is CC.Cc1cc(N)cc(Cl)c1Oc1ccc2n[c-]n(C3(C(F)F)CC3)c2c1.[CH3-].[U+2]. The van der Waals surface area contributed by atoms with Gasteiger partial charge in [-0.1, -0.05) is 48.6 Å². The van der Waals surface area contributed by atoms with Crippen LogP contribution in [-0.4, -0.2) is 16.0 Å². The number of aromatic nitrogens is 2. The molecule has 3 aromatic rings. The fraction of sp³-hybridized carbons (Fsp3) is 0.333. The molecule has 29 heavy (non-hydrogen) atoms.